The molecule has 0 aliphatic carbocycles. The summed E-state index contributed by atoms with van der Waals surface area (Å²) in [6.07, 6.45) is 1.13. The molecular weight excluding hydrogens is 404 g/mol. The van der Waals surface area contributed by atoms with Crippen LogP contribution >= 0.6 is 0 Å². The summed E-state index contributed by atoms with van der Waals surface area (Å²) in [5.74, 6) is 0.538. The Kier molecular flexibility index (Phi) is 7.84. The molecule has 1 heterocycles. The standard InChI is InChI=1S/C22H28N2O5S/c1-18-2-4-19(5-3-18)6-11-22(25)23-12-15-29-20-7-9-21(10-8-20)30(26,27)24-13-16-28-17-14-24/h2-5,7-10H,6,11-17H2,1H3,(H,23,25). The molecular formula is C22H28N2O5S. The average Bonchev–Trinajstić information content (AvgIpc) is 2.77. The fraction of sp³-hybridized carbons (Fsp3) is 0.409. The van der Waals surface area contributed by atoms with Crippen LogP contribution in [0.3, 0.4) is 0 Å². The Labute approximate surface area is 178 Å². The number of aryl methyl sites for hydroxylation is 2. The van der Waals surface area contributed by atoms with Crippen LogP contribution < -0.4 is 10.1 Å². The van der Waals surface area contributed by atoms with E-state index in [1.54, 1.807) is 24.3 Å². The van der Waals surface area contributed by atoms with E-state index >= 15 is 0 Å². The molecule has 0 radical (unpaired) electrons. The van der Waals surface area contributed by atoms with Crippen molar-refractivity contribution in [2.75, 3.05) is 39.5 Å². The smallest absolute Gasteiger partial charge is 0.243 e. The Morgan fingerprint density at radius 1 is 1.07 bits per heavy atom. The van der Waals surface area contributed by atoms with Crippen molar-refractivity contribution in [2.45, 2.75) is 24.7 Å². The monoisotopic (exact) mass is 432 g/mol. The first-order valence-corrected chi connectivity index (χ1v) is 11.5. The molecule has 0 unspecified atom stereocenters. The highest BCUT2D eigenvalue weighted by Crippen LogP contribution is 2.20. The lowest BCUT2D eigenvalue weighted by Crippen LogP contribution is -2.40. The van der Waals surface area contributed by atoms with Gasteiger partial charge in [-0.25, -0.2) is 8.42 Å². The highest BCUT2D eigenvalue weighted by molar-refractivity contribution is 7.89. The fourth-order valence-electron chi connectivity index (χ4n) is 3.10. The van der Waals surface area contributed by atoms with Crippen molar-refractivity contribution in [1.82, 2.24) is 9.62 Å². The minimum Gasteiger partial charge on any atom is -0.492 e. The minimum atomic E-state index is -3.51. The molecule has 2 aromatic rings. The zero-order chi connectivity index (χ0) is 21.4. The maximum atomic E-state index is 12.6. The first-order valence-electron chi connectivity index (χ1n) is 10.1. The average molecular weight is 433 g/mol. The van der Waals surface area contributed by atoms with Gasteiger partial charge < -0.3 is 14.8 Å². The molecule has 1 fully saturated rings. The number of rotatable bonds is 9. The Balaban J connectivity index is 1.38. The molecule has 0 atom stereocenters. The van der Waals surface area contributed by atoms with Crippen molar-refractivity contribution in [3.63, 3.8) is 0 Å². The topological polar surface area (TPSA) is 84.9 Å². The second kappa shape index (κ2) is 10.6. The van der Waals surface area contributed by atoms with Gasteiger partial charge in [-0.1, -0.05) is 29.8 Å². The van der Waals surface area contributed by atoms with Gasteiger partial charge in [0.15, 0.2) is 0 Å². The maximum absolute atomic E-state index is 12.6. The molecule has 30 heavy (non-hydrogen) atoms. The van der Waals surface area contributed by atoms with E-state index in [0.717, 1.165) is 5.56 Å². The predicted octanol–water partition coefficient (Wildman–Crippen LogP) is 2.14. The number of carbonyl (C=O) groups is 1. The summed E-state index contributed by atoms with van der Waals surface area (Å²) in [7, 11) is -3.51. The van der Waals surface area contributed by atoms with Crippen LogP contribution in [-0.2, 0) is 26.0 Å². The number of carbonyl (C=O) groups excluding carboxylic acids is 1. The number of sulfonamides is 1. The summed E-state index contributed by atoms with van der Waals surface area (Å²) < 4.78 is 37.4. The maximum Gasteiger partial charge on any atom is 0.243 e. The zero-order valence-electron chi connectivity index (χ0n) is 17.2. The van der Waals surface area contributed by atoms with Gasteiger partial charge in [0.05, 0.1) is 24.7 Å². The van der Waals surface area contributed by atoms with E-state index in [0.29, 0.717) is 58.0 Å². The largest absolute Gasteiger partial charge is 0.492 e. The van der Waals surface area contributed by atoms with Crippen LogP contribution in [0.15, 0.2) is 53.4 Å². The summed E-state index contributed by atoms with van der Waals surface area (Å²) in [5, 5.41) is 2.83. The van der Waals surface area contributed by atoms with Gasteiger partial charge in [-0.05, 0) is 43.2 Å². The SMILES string of the molecule is Cc1ccc(CCC(=O)NCCOc2ccc(S(=O)(=O)N3CCOCC3)cc2)cc1. The number of hydrogen-bond acceptors (Lipinski definition) is 5. The van der Waals surface area contributed by atoms with Gasteiger partial charge in [-0.15, -0.1) is 0 Å². The number of nitrogens with zero attached hydrogens (tertiary/aromatic N) is 1. The fourth-order valence-corrected chi connectivity index (χ4v) is 4.51. The first kappa shape index (κ1) is 22.3. The van der Waals surface area contributed by atoms with Gasteiger partial charge in [0.25, 0.3) is 0 Å². The van der Waals surface area contributed by atoms with E-state index in [1.165, 1.54) is 9.87 Å². The number of benzene rings is 2. The normalized spacial score (nSPS) is 15.0. The Bertz CT molecular complexity index is 921. The lowest BCUT2D eigenvalue weighted by atomic mass is 10.1. The molecule has 1 saturated heterocycles. The van der Waals surface area contributed by atoms with Crippen molar-refractivity contribution in [3.05, 3.63) is 59.7 Å². The van der Waals surface area contributed by atoms with E-state index in [9.17, 15) is 13.2 Å². The molecule has 0 bridgehead atoms. The summed E-state index contributed by atoms with van der Waals surface area (Å²) >= 11 is 0. The third kappa shape index (κ3) is 6.29. The molecule has 8 heteroatoms. The molecule has 2 aromatic carbocycles. The molecule has 3 rings (SSSR count). The van der Waals surface area contributed by atoms with Crippen molar-refractivity contribution in [2.24, 2.45) is 0 Å². The third-order valence-corrected chi connectivity index (χ3v) is 6.80. The van der Waals surface area contributed by atoms with E-state index in [4.69, 9.17) is 9.47 Å². The van der Waals surface area contributed by atoms with Crippen LogP contribution in [0.5, 0.6) is 5.75 Å². The van der Waals surface area contributed by atoms with Gasteiger partial charge in [0, 0.05) is 19.5 Å². The van der Waals surface area contributed by atoms with Gasteiger partial charge in [0.2, 0.25) is 15.9 Å². The Morgan fingerprint density at radius 2 is 1.73 bits per heavy atom. The third-order valence-electron chi connectivity index (χ3n) is 4.89. The number of ether oxygens (including phenoxy) is 2. The number of amides is 1. The van der Waals surface area contributed by atoms with E-state index in [1.807, 2.05) is 31.2 Å². The van der Waals surface area contributed by atoms with E-state index in [2.05, 4.69) is 5.32 Å². The van der Waals surface area contributed by atoms with Crippen molar-refractivity contribution in [3.8, 4) is 5.75 Å². The van der Waals surface area contributed by atoms with Gasteiger partial charge in [-0.2, -0.15) is 4.31 Å². The molecule has 0 saturated carbocycles. The van der Waals surface area contributed by atoms with Gasteiger partial charge in [0.1, 0.15) is 12.4 Å². The first-order chi connectivity index (χ1) is 14.4. The van der Waals surface area contributed by atoms with E-state index < -0.39 is 10.0 Å². The molecule has 7 nitrogen and oxygen atoms in total. The molecule has 0 spiro atoms. The van der Waals surface area contributed by atoms with Crippen LogP contribution in [0.25, 0.3) is 0 Å². The number of morpholine rings is 1. The van der Waals surface area contributed by atoms with E-state index in [-0.39, 0.29) is 10.8 Å². The van der Waals surface area contributed by atoms with Crippen LogP contribution in [0, 0.1) is 6.92 Å². The molecule has 0 aromatic heterocycles. The quantitative estimate of drug-likeness (QED) is 0.614. The summed E-state index contributed by atoms with van der Waals surface area (Å²) in [6, 6.07) is 14.5. The summed E-state index contributed by atoms with van der Waals surface area (Å²) in [4.78, 5) is 12.2. The molecule has 1 aliphatic heterocycles. The van der Waals surface area contributed by atoms with Crippen LogP contribution in [-0.4, -0.2) is 58.1 Å². The predicted molar refractivity (Wildman–Crippen MR) is 114 cm³/mol. The highest BCUT2D eigenvalue weighted by atomic mass is 32.2. The molecule has 1 aliphatic rings. The second-order valence-corrected chi connectivity index (χ2v) is 9.11. The highest BCUT2D eigenvalue weighted by Gasteiger charge is 2.26. The molecule has 1 N–H and O–H groups in total. The second-order valence-electron chi connectivity index (χ2n) is 7.17. The number of hydrogen-bond donors (Lipinski definition) is 1. The van der Waals surface area contributed by atoms with Crippen LogP contribution in [0.4, 0.5) is 0 Å². The van der Waals surface area contributed by atoms with Crippen LogP contribution in [0.1, 0.15) is 17.5 Å². The Morgan fingerprint density at radius 3 is 2.40 bits per heavy atom. The number of nitrogens with one attached hydrogen (secondary N) is 1. The zero-order valence-corrected chi connectivity index (χ0v) is 18.0. The Hall–Kier alpha value is -2.42. The summed E-state index contributed by atoms with van der Waals surface area (Å²) in [5.41, 5.74) is 2.34. The van der Waals surface area contributed by atoms with Crippen molar-refractivity contribution >= 4 is 15.9 Å². The van der Waals surface area contributed by atoms with Gasteiger partial charge in [-0.3, -0.25) is 4.79 Å². The lowest BCUT2D eigenvalue weighted by molar-refractivity contribution is -0.121. The minimum absolute atomic E-state index is 0.0221. The van der Waals surface area contributed by atoms with Gasteiger partial charge >= 0.3 is 0 Å². The van der Waals surface area contributed by atoms with Crippen molar-refractivity contribution < 1.29 is 22.7 Å². The summed E-state index contributed by atoms with van der Waals surface area (Å²) in [6.45, 7) is 4.29. The van der Waals surface area contributed by atoms with Crippen molar-refractivity contribution in [1.29, 1.82) is 0 Å². The molecule has 162 valence electrons. The lowest BCUT2D eigenvalue weighted by Gasteiger charge is -2.26. The molecule has 1 amide bonds. The van der Waals surface area contributed by atoms with Crippen LogP contribution in [0.2, 0.25) is 0 Å².